The molecule has 0 unspecified atom stereocenters. The Hall–Kier alpha value is -2.14. The number of hydrogen-bond donors (Lipinski definition) is 1. The van der Waals surface area contributed by atoms with Crippen LogP contribution < -0.4 is 10.2 Å². The Labute approximate surface area is 139 Å². The van der Waals surface area contributed by atoms with Gasteiger partial charge in [-0.15, -0.1) is 0 Å². The molecule has 4 nitrogen and oxygen atoms in total. The number of carbonyl (C=O) groups is 1. The maximum atomic E-state index is 13.2. The number of anilines is 2. The second kappa shape index (κ2) is 6.96. The Bertz CT molecular complexity index is 717. The summed E-state index contributed by atoms with van der Waals surface area (Å²) in [6, 6.07) is 7.76. The van der Waals surface area contributed by atoms with Gasteiger partial charge in [-0.2, -0.15) is 0 Å². The first-order chi connectivity index (χ1) is 11.1. The molecule has 0 aliphatic carbocycles. The topological polar surface area (TPSA) is 45.2 Å². The SMILES string of the molecule is O=C(Nc1ccc(F)c(Cl)c1)c1cc(N2CCCCC2)ccn1. The second-order valence-corrected chi connectivity index (χ2v) is 5.94. The van der Waals surface area contributed by atoms with Crippen molar-refractivity contribution in [3.05, 3.63) is 53.1 Å². The van der Waals surface area contributed by atoms with E-state index in [0.717, 1.165) is 31.6 Å². The van der Waals surface area contributed by atoms with Crippen LogP contribution in [0.1, 0.15) is 29.8 Å². The van der Waals surface area contributed by atoms with Crippen LogP contribution in [0.25, 0.3) is 0 Å². The number of nitrogens with one attached hydrogen (secondary N) is 1. The van der Waals surface area contributed by atoms with Gasteiger partial charge in [0.05, 0.1) is 5.02 Å². The molecule has 1 aliphatic rings. The van der Waals surface area contributed by atoms with E-state index in [1.807, 2.05) is 6.07 Å². The summed E-state index contributed by atoms with van der Waals surface area (Å²) in [6.07, 6.45) is 5.21. The van der Waals surface area contributed by atoms with Crippen molar-refractivity contribution in [1.82, 2.24) is 4.98 Å². The number of rotatable bonds is 3. The van der Waals surface area contributed by atoms with E-state index in [9.17, 15) is 9.18 Å². The molecule has 23 heavy (non-hydrogen) atoms. The van der Waals surface area contributed by atoms with E-state index in [0.29, 0.717) is 11.4 Å². The lowest BCUT2D eigenvalue weighted by Gasteiger charge is -2.28. The van der Waals surface area contributed by atoms with Crippen molar-refractivity contribution in [3.8, 4) is 0 Å². The van der Waals surface area contributed by atoms with Crippen LogP contribution in [-0.2, 0) is 0 Å². The van der Waals surface area contributed by atoms with E-state index in [1.54, 1.807) is 12.3 Å². The second-order valence-electron chi connectivity index (χ2n) is 5.53. The van der Waals surface area contributed by atoms with Gasteiger partial charge in [0, 0.05) is 30.7 Å². The van der Waals surface area contributed by atoms with Crippen molar-refractivity contribution in [2.45, 2.75) is 19.3 Å². The van der Waals surface area contributed by atoms with Crippen molar-refractivity contribution in [2.24, 2.45) is 0 Å². The average molecular weight is 334 g/mol. The van der Waals surface area contributed by atoms with Gasteiger partial charge in [-0.25, -0.2) is 4.39 Å². The van der Waals surface area contributed by atoms with Gasteiger partial charge in [0.25, 0.3) is 5.91 Å². The third kappa shape index (κ3) is 3.79. The van der Waals surface area contributed by atoms with Gasteiger partial charge in [0.1, 0.15) is 11.5 Å². The quantitative estimate of drug-likeness (QED) is 0.919. The van der Waals surface area contributed by atoms with Crippen molar-refractivity contribution in [3.63, 3.8) is 0 Å². The highest BCUT2D eigenvalue weighted by Gasteiger charge is 2.14. The van der Waals surface area contributed by atoms with Crippen molar-refractivity contribution in [2.75, 3.05) is 23.3 Å². The van der Waals surface area contributed by atoms with Crippen LogP contribution in [0.4, 0.5) is 15.8 Å². The molecule has 1 aliphatic heterocycles. The van der Waals surface area contributed by atoms with Crippen LogP contribution in [0.2, 0.25) is 5.02 Å². The molecule has 3 rings (SSSR count). The number of benzene rings is 1. The molecule has 0 spiro atoms. The molecule has 1 aromatic carbocycles. The minimum absolute atomic E-state index is 0.0298. The first kappa shape index (κ1) is 15.7. The van der Waals surface area contributed by atoms with Crippen molar-refractivity contribution < 1.29 is 9.18 Å². The molecular formula is C17H17ClFN3O. The Kier molecular flexibility index (Phi) is 4.76. The standard InChI is InChI=1S/C17H17ClFN3O/c18-14-10-12(4-5-15(14)19)21-17(23)16-11-13(6-7-20-16)22-8-2-1-3-9-22/h4-7,10-11H,1-3,8-9H2,(H,21,23). The summed E-state index contributed by atoms with van der Waals surface area (Å²) < 4.78 is 13.2. The van der Waals surface area contributed by atoms with E-state index in [2.05, 4.69) is 15.2 Å². The maximum absolute atomic E-state index is 13.2. The normalized spacial score (nSPS) is 14.6. The predicted molar refractivity (Wildman–Crippen MR) is 89.7 cm³/mol. The molecule has 0 bridgehead atoms. The lowest BCUT2D eigenvalue weighted by Crippen LogP contribution is -2.29. The van der Waals surface area contributed by atoms with Gasteiger partial charge >= 0.3 is 0 Å². The summed E-state index contributed by atoms with van der Waals surface area (Å²) in [6.45, 7) is 2.00. The maximum Gasteiger partial charge on any atom is 0.274 e. The zero-order valence-corrected chi connectivity index (χ0v) is 13.3. The molecule has 0 atom stereocenters. The van der Waals surface area contributed by atoms with E-state index in [-0.39, 0.29) is 10.9 Å². The Balaban J connectivity index is 1.75. The number of halogens is 2. The number of aromatic nitrogens is 1. The van der Waals surface area contributed by atoms with E-state index >= 15 is 0 Å². The van der Waals surface area contributed by atoms with Crippen LogP contribution in [0.3, 0.4) is 0 Å². The first-order valence-electron chi connectivity index (χ1n) is 7.61. The summed E-state index contributed by atoms with van der Waals surface area (Å²) >= 11 is 5.72. The lowest BCUT2D eigenvalue weighted by molar-refractivity contribution is 0.102. The van der Waals surface area contributed by atoms with E-state index in [1.165, 1.54) is 24.6 Å². The summed E-state index contributed by atoms with van der Waals surface area (Å²) in [5, 5.41) is 2.66. The van der Waals surface area contributed by atoms with Gasteiger partial charge in [-0.05, 0) is 49.6 Å². The van der Waals surface area contributed by atoms with Crippen molar-refractivity contribution in [1.29, 1.82) is 0 Å². The molecule has 0 saturated carbocycles. The molecule has 1 amide bonds. The monoisotopic (exact) mass is 333 g/mol. The van der Waals surface area contributed by atoms with Crippen LogP contribution >= 0.6 is 11.6 Å². The minimum atomic E-state index is -0.519. The Morgan fingerprint density at radius 3 is 2.70 bits per heavy atom. The highest BCUT2D eigenvalue weighted by Crippen LogP contribution is 2.22. The van der Waals surface area contributed by atoms with Crippen LogP contribution in [0.5, 0.6) is 0 Å². The largest absolute Gasteiger partial charge is 0.371 e. The van der Waals surface area contributed by atoms with Crippen LogP contribution in [0.15, 0.2) is 36.5 Å². The van der Waals surface area contributed by atoms with Gasteiger partial charge in [-0.1, -0.05) is 11.6 Å². The van der Waals surface area contributed by atoms with Gasteiger partial charge in [0.2, 0.25) is 0 Å². The number of nitrogens with zero attached hydrogens (tertiary/aromatic N) is 2. The third-order valence-electron chi connectivity index (χ3n) is 3.87. The fraction of sp³-hybridized carbons (Fsp3) is 0.294. The molecule has 6 heteroatoms. The van der Waals surface area contributed by atoms with Crippen LogP contribution in [-0.4, -0.2) is 24.0 Å². The molecular weight excluding hydrogens is 317 g/mol. The predicted octanol–water partition coefficient (Wildman–Crippen LogP) is 4.12. The zero-order chi connectivity index (χ0) is 16.2. The molecule has 1 aromatic heterocycles. The van der Waals surface area contributed by atoms with Crippen LogP contribution in [0, 0.1) is 5.82 Å². The zero-order valence-electron chi connectivity index (χ0n) is 12.6. The molecule has 1 fully saturated rings. The molecule has 0 radical (unpaired) electrons. The van der Waals surface area contributed by atoms with E-state index < -0.39 is 5.82 Å². The molecule has 120 valence electrons. The molecule has 1 N–H and O–H groups in total. The highest BCUT2D eigenvalue weighted by molar-refractivity contribution is 6.31. The third-order valence-corrected chi connectivity index (χ3v) is 4.16. The average Bonchev–Trinajstić information content (AvgIpc) is 2.59. The fourth-order valence-corrected chi connectivity index (χ4v) is 2.84. The number of pyridine rings is 1. The first-order valence-corrected chi connectivity index (χ1v) is 7.99. The lowest BCUT2D eigenvalue weighted by atomic mass is 10.1. The van der Waals surface area contributed by atoms with E-state index in [4.69, 9.17) is 11.6 Å². The van der Waals surface area contributed by atoms with Gasteiger partial charge in [0.15, 0.2) is 0 Å². The number of piperidine rings is 1. The summed E-state index contributed by atoms with van der Waals surface area (Å²) in [5.41, 5.74) is 1.77. The molecule has 2 aromatic rings. The fourth-order valence-electron chi connectivity index (χ4n) is 2.66. The summed E-state index contributed by atoms with van der Waals surface area (Å²) in [7, 11) is 0. The Morgan fingerprint density at radius 2 is 1.96 bits per heavy atom. The molecule has 2 heterocycles. The van der Waals surface area contributed by atoms with Gasteiger partial charge < -0.3 is 10.2 Å². The van der Waals surface area contributed by atoms with Gasteiger partial charge in [-0.3, -0.25) is 9.78 Å². The minimum Gasteiger partial charge on any atom is -0.371 e. The molecule has 1 saturated heterocycles. The van der Waals surface area contributed by atoms with Crippen molar-refractivity contribution >= 4 is 28.9 Å². The number of amides is 1. The summed E-state index contributed by atoms with van der Waals surface area (Å²) in [4.78, 5) is 18.7. The number of hydrogen-bond acceptors (Lipinski definition) is 3. The highest BCUT2D eigenvalue weighted by atomic mass is 35.5. The Morgan fingerprint density at radius 1 is 1.17 bits per heavy atom. The number of carbonyl (C=O) groups excluding carboxylic acids is 1. The smallest absolute Gasteiger partial charge is 0.274 e. The summed E-state index contributed by atoms with van der Waals surface area (Å²) in [5.74, 6) is -0.860.